The molecule has 1 heterocycles. The van der Waals surface area contributed by atoms with Gasteiger partial charge in [-0.2, -0.15) is 0 Å². The lowest BCUT2D eigenvalue weighted by molar-refractivity contribution is -0.283. The predicted molar refractivity (Wildman–Crippen MR) is 79.6 cm³/mol. The Labute approximate surface area is 152 Å². The first-order valence-electron chi connectivity index (χ1n) is 7.81. The van der Waals surface area contributed by atoms with Crippen molar-refractivity contribution in [1.29, 1.82) is 0 Å². The van der Waals surface area contributed by atoms with Crippen LogP contribution in [-0.2, 0) is 18.3 Å². The molecule has 0 bridgehead atoms. The molecule has 10 N–H and O–H groups in total. The molecule has 2 fully saturated rings. The van der Waals surface area contributed by atoms with Crippen LogP contribution in [0.5, 0.6) is 0 Å². The maximum Gasteiger partial charge on any atom is 0.475 e. The number of phosphoric ester groups is 1. The number of hydrogen-bond acceptors (Lipinski definition) is 13. The van der Waals surface area contributed by atoms with Gasteiger partial charge in [-0.05, 0) is 0 Å². The number of ether oxygens (including phenoxy) is 1. The summed E-state index contributed by atoms with van der Waals surface area (Å²) < 4.78 is 26.1. The largest absolute Gasteiger partial charge is 0.475 e. The first-order valence-corrected chi connectivity index (χ1v) is 9.31. The van der Waals surface area contributed by atoms with Crippen molar-refractivity contribution in [3.8, 4) is 0 Å². The third-order valence-electron chi connectivity index (χ3n) is 4.41. The minimum Gasteiger partial charge on any atom is -0.394 e. The van der Waals surface area contributed by atoms with E-state index in [-0.39, 0.29) is 0 Å². The Morgan fingerprint density at radius 2 is 1.15 bits per heavy atom. The van der Waals surface area contributed by atoms with Crippen molar-refractivity contribution in [1.82, 2.24) is 0 Å². The summed E-state index contributed by atoms with van der Waals surface area (Å²) in [7, 11) is -5.28. The zero-order chi connectivity index (χ0) is 20.7. The third-order valence-corrected chi connectivity index (χ3v) is 5.40. The average Bonchev–Trinajstić information content (AvgIpc) is 2.62. The number of hydrogen-bond donors (Lipinski definition) is 10. The minimum absolute atomic E-state index is 0.836. The van der Waals surface area contributed by atoms with Crippen LogP contribution in [0.1, 0.15) is 0 Å². The molecule has 0 aromatic carbocycles. The van der Waals surface area contributed by atoms with E-state index in [1.54, 1.807) is 0 Å². The second-order valence-electron chi connectivity index (χ2n) is 6.29. The standard InChI is InChI=1S/C12H23O14P/c13-1-2-3(14)4(15)10(21)12(24-2)26-27(22,23)25-11-8(19)6(17)5(16)7(18)9(11)20/h2-21H,1H2,(H,22,23)/t2-,3-,4+,5?,6-,7+,8-,9-,10-,11?,12?/m1/s1. The molecule has 160 valence electrons. The second-order valence-corrected chi connectivity index (χ2v) is 7.65. The van der Waals surface area contributed by atoms with Gasteiger partial charge in [-0.1, -0.05) is 0 Å². The van der Waals surface area contributed by atoms with E-state index in [1.807, 2.05) is 0 Å². The van der Waals surface area contributed by atoms with Crippen molar-refractivity contribution >= 4 is 7.82 Å². The van der Waals surface area contributed by atoms with Gasteiger partial charge in [0.25, 0.3) is 0 Å². The number of rotatable bonds is 5. The zero-order valence-electron chi connectivity index (χ0n) is 13.6. The van der Waals surface area contributed by atoms with Crippen LogP contribution >= 0.6 is 7.82 Å². The molecule has 1 aliphatic carbocycles. The predicted octanol–water partition coefficient (Wildman–Crippen LogP) is -5.89. The van der Waals surface area contributed by atoms with Gasteiger partial charge in [0, 0.05) is 0 Å². The summed E-state index contributed by atoms with van der Waals surface area (Å²) in [6.45, 7) is -0.836. The SMILES string of the molecule is O=P(O)(OC1O[C@H](CO)[C@@H](O)[C@H](O)[C@H]1O)OC1[C@H](O)[C@H](O)C(O)[C@H](O)[C@H]1O. The highest BCUT2D eigenvalue weighted by atomic mass is 31.2. The second kappa shape index (κ2) is 8.61. The summed E-state index contributed by atoms with van der Waals surface area (Å²) in [5, 5.41) is 86.3. The quantitative estimate of drug-likeness (QED) is 0.185. The molecule has 1 aliphatic heterocycles. The van der Waals surface area contributed by atoms with E-state index in [4.69, 9.17) is 9.84 Å². The van der Waals surface area contributed by atoms with Crippen molar-refractivity contribution in [2.75, 3.05) is 6.61 Å². The lowest BCUT2D eigenvalue weighted by Gasteiger charge is -2.42. The van der Waals surface area contributed by atoms with Crippen molar-refractivity contribution in [3.05, 3.63) is 0 Å². The lowest BCUT2D eigenvalue weighted by atomic mass is 9.85. The molecule has 0 radical (unpaired) electrons. The number of phosphoric acid groups is 1. The Morgan fingerprint density at radius 1 is 0.704 bits per heavy atom. The van der Waals surface area contributed by atoms with Crippen LogP contribution in [0.2, 0.25) is 0 Å². The normalized spacial score (nSPS) is 51.0. The number of aliphatic hydroxyl groups is 9. The van der Waals surface area contributed by atoms with Crippen molar-refractivity contribution in [2.45, 2.75) is 67.3 Å². The average molecular weight is 422 g/mol. The van der Waals surface area contributed by atoms with Gasteiger partial charge in [-0.3, -0.25) is 9.05 Å². The molecule has 2 rings (SSSR count). The summed E-state index contributed by atoms with van der Waals surface area (Å²) in [5.41, 5.74) is 0. The van der Waals surface area contributed by atoms with E-state index in [0.717, 1.165) is 0 Å². The van der Waals surface area contributed by atoms with Crippen LogP contribution < -0.4 is 0 Å². The van der Waals surface area contributed by atoms with E-state index in [9.17, 15) is 50.3 Å². The van der Waals surface area contributed by atoms with Crippen molar-refractivity contribution in [3.63, 3.8) is 0 Å². The van der Waals surface area contributed by atoms with E-state index >= 15 is 0 Å². The molecule has 0 aromatic heterocycles. The Morgan fingerprint density at radius 3 is 1.63 bits per heavy atom. The summed E-state index contributed by atoms with van der Waals surface area (Å²) in [6, 6.07) is 0. The summed E-state index contributed by atoms with van der Waals surface area (Å²) in [6.07, 6.45) is -21.5. The summed E-state index contributed by atoms with van der Waals surface area (Å²) >= 11 is 0. The first kappa shape index (κ1) is 23.0. The monoisotopic (exact) mass is 422 g/mol. The van der Waals surface area contributed by atoms with Crippen LogP contribution in [0, 0.1) is 0 Å². The van der Waals surface area contributed by atoms with E-state index in [1.165, 1.54) is 0 Å². The van der Waals surface area contributed by atoms with E-state index in [2.05, 4.69) is 9.05 Å². The maximum atomic E-state index is 12.1. The van der Waals surface area contributed by atoms with Gasteiger partial charge in [0.1, 0.15) is 61.0 Å². The van der Waals surface area contributed by atoms with Gasteiger partial charge in [0.15, 0.2) is 6.29 Å². The van der Waals surface area contributed by atoms with Crippen molar-refractivity contribution < 1.29 is 69.2 Å². The zero-order valence-corrected chi connectivity index (χ0v) is 14.5. The molecule has 27 heavy (non-hydrogen) atoms. The van der Waals surface area contributed by atoms with Crippen LogP contribution in [0.4, 0.5) is 0 Å². The molecule has 0 spiro atoms. The number of aliphatic hydroxyl groups excluding tert-OH is 9. The highest BCUT2D eigenvalue weighted by molar-refractivity contribution is 7.47. The van der Waals surface area contributed by atoms with E-state index < -0.39 is 81.8 Å². The highest BCUT2D eigenvalue weighted by Crippen LogP contribution is 2.49. The molecule has 0 amide bonds. The van der Waals surface area contributed by atoms with Gasteiger partial charge in [0.2, 0.25) is 0 Å². The Balaban J connectivity index is 2.11. The molecule has 15 heteroatoms. The first-order chi connectivity index (χ1) is 12.4. The van der Waals surface area contributed by atoms with Crippen LogP contribution in [-0.4, -0.2) is 125 Å². The molecule has 1 saturated carbocycles. The molecular weight excluding hydrogens is 399 g/mol. The maximum absolute atomic E-state index is 12.1. The third kappa shape index (κ3) is 4.66. The smallest absolute Gasteiger partial charge is 0.394 e. The molecule has 0 aromatic rings. The fourth-order valence-electron chi connectivity index (χ4n) is 2.79. The topological polar surface area (TPSA) is 247 Å². The summed E-state index contributed by atoms with van der Waals surface area (Å²) in [4.78, 5) is 9.79. The van der Waals surface area contributed by atoms with Crippen LogP contribution in [0.3, 0.4) is 0 Å². The summed E-state index contributed by atoms with van der Waals surface area (Å²) in [5.74, 6) is 0. The fourth-order valence-corrected chi connectivity index (χ4v) is 3.83. The molecule has 1 saturated heterocycles. The Bertz CT molecular complexity index is 530. The van der Waals surface area contributed by atoms with Crippen molar-refractivity contribution in [2.24, 2.45) is 0 Å². The molecule has 2 aliphatic rings. The minimum atomic E-state index is -5.28. The Hall–Kier alpha value is -0.290. The van der Waals surface area contributed by atoms with Gasteiger partial charge in [-0.15, -0.1) is 0 Å². The molecule has 4 unspecified atom stereocenters. The van der Waals surface area contributed by atoms with Gasteiger partial charge in [0.05, 0.1) is 6.61 Å². The van der Waals surface area contributed by atoms with Crippen LogP contribution in [0.25, 0.3) is 0 Å². The van der Waals surface area contributed by atoms with Crippen LogP contribution in [0.15, 0.2) is 0 Å². The molecule has 12 atom stereocenters. The molecule has 14 nitrogen and oxygen atoms in total. The fraction of sp³-hybridized carbons (Fsp3) is 1.00. The van der Waals surface area contributed by atoms with Gasteiger partial charge < -0.3 is 55.6 Å². The molecular formula is C12H23O14P. The highest BCUT2D eigenvalue weighted by Gasteiger charge is 2.53. The van der Waals surface area contributed by atoms with Gasteiger partial charge in [-0.25, -0.2) is 4.57 Å². The lowest BCUT2D eigenvalue weighted by Crippen LogP contribution is -2.64. The van der Waals surface area contributed by atoms with E-state index in [0.29, 0.717) is 0 Å². The Kier molecular flexibility index (Phi) is 7.33. The van der Waals surface area contributed by atoms with Gasteiger partial charge >= 0.3 is 7.82 Å².